The van der Waals surface area contributed by atoms with Crippen molar-refractivity contribution in [3.8, 4) is 6.07 Å². The van der Waals surface area contributed by atoms with E-state index >= 15 is 0 Å². The zero-order valence-corrected chi connectivity index (χ0v) is 14.6. The van der Waals surface area contributed by atoms with Crippen LogP contribution >= 0.6 is 11.3 Å². The molecule has 0 aliphatic carbocycles. The van der Waals surface area contributed by atoms with E-state index in [0.717, 1.165) is 15.2 Å². The van der Waals surface area contributed by atoms with E-state index in [-0.39, 0.29) is 13.0 Å². The molecule has 2 aromatic carbocycles. The number of aromatic nitrogens is 1. The Balaban J connectivity index is 1.44. The van der Waals surface area contributed by atoms with Crippen molar-refractivity contribution in [2.24, 2.45) is 0 Å². The monoisotopic (exact) mass is 365 g/mol. The summed E-state index contributed by atoms with van der Waals surface area (Å²) in [6.45, 7) is -0.366. The predicted octanol–water partition coefficient (Wildman–Crippen LogP) is 3.28. The molecule has 3 rings (SSSR count). The molecule has 0 saturated carbocycles. The minimum Gasteiger partial charge on any atom is -0.456 e. The number of anilines is 1. The van der Waals surface area contributed by atoms with E-state index in [1.54, 1.807) is 35.6 Å². The van der Waals surface area contributed by atoms with Gasteiger partial charge >= 0.3 is 5.97 Å². The summed E-state index contributed by atoms with van der Waals surface area (Å²) in [6, 6.07) is 16.3. The number of ether oxygens (including phenoxy) is 1. The molecular formula is C19H15N3O3S. The normalized spacial score (nSPS) is 10.3. The van der Waals surface area contributed by atoms with Crippen LogP contribution < -0.4 is 5.32 Å². The maximum absolute atomic E-state index is 11.8. The number of carbonyl (C=O) groups excluding carboxylic acids is 2. The van der Waals surface area contributed by atoms with Gasteiger partial charge in [0.15, 0.2) is 6.61 Å². The first kappa shape index (κ1) is 17.6. The maximum Gasteiger partial charge on any atom is 0.306 e. The van der Waals surface area contributed by atoms with Crippen LogP contribution in [0.5, 0.6) is 0 Å². The standard InChI is InChI=1S/C19H15N3O3S/c20-11-13-4-3-5-14(10-13)21-17(23)12-25-19(24)9-8-18-22-15-6-1-2-7-16(15)26-18/h1-7,10H,8-9,12H2,(H,21,23). The zero-order chi connectivity index (χ0) is 18.4. The van der Waals surface area contributed by atoms with E-state index in [1.807, 2.05) is 30.3 Å². The summed E-state index contributed by atoms with van der Waals surface area (Å²) in [5, 5.41) is 12.3. The number of nitrogens with zero attached hydrogens (tertiary/aromatic N) is 2. The van der Waals surface area contributed by atoms with E-state index in [0.29, 0.717) is 17.7 Å². The highest BCUT2D eigenvalue weighted by molar-refractivity contribution is 7.18. The fourth-order valence-corrected chi connectivity index (χ4v) is 3.28. The molecule has 7 heteroatoms. The van der Waals surface area contributed by atoms with Gasteiger partial charge in [-0.2, -0.15) is 5.26 Å². The van der Waals surface area contributed by atoms with E-state index in [4.69, 9.17) is 10.00 Å². The lowest BCUT2D eigenvalue weighted by Crippen LogP contribution is -2.21. The number of esters is 1. The van der Waals surface area contributed by atoms with Gasteiger partial charge in [0.05, 0.1) is 33.3 Å². The minimum absolute atomic E-state index is 0.164. The smallest absolute Gasteiger partial charge is 0.306 e. The Bertz CT molecular complexity index is 958. The topological polar surface area (TPSA) is 92.1 Å². The number of amides is 1. The molecule has 0 atom stereocenters. The lowest BCUT2D eigenvalue weighted by molar-refractivity contribution is -0.147. The lowest BCUT2D eigenvalue weighted by Gasteiger charge is -2.06. The molecule has 0 spiro atoms. The van der Waals surface area contributed by atoms with Crippen molar-refractivity contribution in [3.63, 3.8) is 0 Å². The van der Waals surface area contributed by atoms with Gasteiger partial charge < -0.3 is 10.1 Å². The second-order valence-electron chi connectivity index (χ2n) is 5.48. The molecule has 3 aromatic rings. The van der Waals surface area contributed by atoms with Gasteiger partial charge in [-0.15, -0.1) is 11.3 Å². The first-order valence-electron chi connectivity index (χ1n) is 7.94. The van der Waals surface area contributed by atoms with E-state index in [1.165, 1.54) is 0 Å². The average Bonchev–Trinajstić information content (AvgIpc) is 3.08. The second kappa shape index (κ2) is 8.23. The van der Waals surface area contributed by atoms with Gasteiger partial charge in [-0.3, -0.25) is 9.59 Å². The molecule has 0 fully saturated rings. The number of para-hydroxylation sites is 1. The van der Waals surface area contributed by atoms with Crippen molar-refractivity contribution in [2.75, 3.05) is 11.9 Å². The number of nitrogens with one attached hydrogen (secondary N) is 1. The summed E-state index contributed by atoms with van der Waals surface area (Å²) in [6.07, 6.45) is 0.640. The van der Waals surface area contributed by atoms with Gasteiger partial charge in [0.25, 0.3) is 5.91 Å². The van der Waals surface area contributed by atoms with Crippen molar-refractivity contribution < 1.29 is 14.3 Å². The number of carbonyl (C=O) groups is 2. The maximum atomic E-state index is 11.8. The molecule has 0 saturated heterocycles. The van der Waals surface area contributed by atoms with Crippen molar-refractivity contribution in [3.05, 3.63) is 59.1 Å². The van der Waals surface area contributed by atoms with E-state index in [9.17, 15) is 9.59 Å². The molecule has 1 heterocycles. The third-order valence-corrected chi connectivity index (χ3v) is 4.62. The van der Waals surface area contributed by atoms with Crippen LogP contribution in [-0.4, -0.2) is 23.5 Å². The number of fused-ring (bicyclic) bond motifs is 1. The quantitative estimate of drug-likeness (QED) is 0.677. The van der Waals surface area contributed by atoms with Crippen molar-refractivity contribution >= 4 is 39.1 Å². The van der Waals surface area contributed by atoms with Crippen LogP contribution in [0.2, 0.25) is 0 Å². The van der Waals surface area contributed by atoms with Gasteiger partial charge in [0, 0.05) is 12.1 Å². The van der Waals surface area contributed by atoms with E-state index in [2.05, 4.69) is 10.3 Å². The number of thiazole rings is 1. The van der Waals surface area contributed by atoms with Gasteiger partial charge in [-0.25, -0.2) is 4.98 Å². The fourth-order valence-electron chi connectivity index (χ4n) is 2.32. The van der Waals surface area contributed by atoms with Crippen LogP contribution in [-0.2, 0) is 20.7 Å². The Morgan fingerprint density at radius 1 is 1.19 bits per heavy atom. The molecule has 0 aliphatic heterocycles. The minimum atomic E-state index is -0.454. The summed E-state index contributed by atoms with van der Waals surface area (Å²) in [5.41, 5.74) is 1.84. The second-order valence-corrected chi connectivity index (χ2v) is 6.59. The first-order chi connectivity index (χ1) is 12.6. The molecule has 0 aliphatic rings. The summed E-state index contributed by atoms with van der Waals surface area (Å²) in [5.74, 6) is -0.904. The molecule has 1 N–H and O–H groups in total. The molecule has 0 unspecified atom stereocenters. The number of hydrogen-bond donors (Lipinski definition) is 1. The number of nitriles is 1. The molecule has 6 nitrogen and oxygen atoms in total. The highest BCUT2D eigenvalue weighted by Gasteiger charge is 2.10. The molecule has 26 heavy (non-hydrogen) atoms. The molecule has 1 aromatic heterocycles. The Labute approximate surface area is 154 Å². The third-order valence-electron chi connectivity index (χ3n) is 3.52. The Morgan fingerprint density at radius 3 is 2.85 bits per heavy atom. The summed E-state index contributed by atoms with van der Waals surface area (Å²) >= 11 is 1.54. The van der Waals surface area contributed by atoms with Crippen LogP contribution in [0, 0.1) is 11.3 Å². The Kier molecular flexibility index (Phi) is 5.56. The Morgan fingerprint density at radius 2 is 2.04 bits per heavy atom. The third kappa shape index (κ3) is 4.65. The lowest BCUT2D eigenvalue weighted by atomic mass is 10.2. The number of rotatable bonds is 6. The van der Waals surface area contributed by atoms with Crippen LogP contribution in [0.1, 0.15) is 17.0 Å². The van der Waals surface area contributed by atoms with Gasteiger partial charge in [-0.1, -0.05) is 18.2 Å². The van der Waals surface area contributed by atoms with Gasteiger partial charge in [-0.05, 0) is 30.3 Å². The van der Waals surface area contributed by atoms with Crippen molar-refractivity contribution in [2.45, 2.75) is 12.8 Å². The highest BCUT2D eigenvalue weighted by atomic mass is 32.1. The number of benzene rings is 2. The molecule has 0 radical (unpaired) electrons. The number of hydrogen-bond acceptors (Lipinski definition) is 6. The summed E-state index contributed by atoms with van der Waals surface area (Å²) in [4.78, 5) is 28.1. The largest absolute Gasteiger partial charge is 0.456 e. The highest BCUT2D eigenvalue weighted by Crippen LogP contribution is 2.22. The summed E-state index contributed by atoms with van der Waals surface area (Å²) < 4.78 is 6.07. The average molecular weight is 365 g/mol. The van der Waals surface area contributed by atoms with Crippen LogP contribution in [0.15, 0.2) is 48.5 Å². The zero-order valence-electron chi connectivity index (χ0n) is 13.8. The van der Waals surface area contributed by atoms with Crippen LogP contribution in [0.4, 0.5) is 5.69 Å². The van der Waals surface area contributed by atoms with Crippen LogP contribution in [0.25, 0.3) is 10.2 Å². The first-order valence-corrected chi connectivity index (χ1v) is 8.76. The van der Waals surface area contributed by atoms with Crippen molar-refractivity contribution in [1.29, 1.82) is 5.26 Å². The van der Waals surface area contributed by atoms with Crippen molar-refractivity contribution in [1.82, 2.24) is 4.98 Å². The number of aryl methyl sites for hydroxylation is 1. The molecule has 130 valence electrons. The van der Waals surface area contributed by atoms with E-state index < -0.39 is 11.9 Å². The summed E-state index contributed by atoms with van der Waals surface area (Å²) in [7, 11) is 0. The van der Waals surface area contributed by atoms with Gasteiger partial charge in [0.2, 0.25) is 0 Å². The SMILES string of the molecule is N#Cc1cccc(NC(=O)COC(=O)CCc2nc3ccccc3s2)c1. The van der Waals surface area contributed by atoms with Crippen LogP contribution in [0.3, 0.4) is 0 Å². The van der Waals surface area contributed by atoms with Gasteiger partial charge in [0.1, 0.15) is 0 Å². The molecule has 1 amide bonds. The molecule has 0 bridgehead atoms. The fraction of sp³-hybridized carbons (Fsp3) is 0.158. The predicted molar refractivity (Wildman–Crippen MR) is 98.7 cm³/mol. The Hall–Kier alpha value is -3.24. The molecular weight excluding hydrogens is 350 g/mol.